The number of carbonyl (C=O) groups is 2. The van der Waals surface area contributed by atoms with Gasteiger partial charge < -0.3 is 14.2 Å². The highest BCUT2D eigenvalue weighted by atomic mass is 19.1. The highest BCUT2D eigenvalue weighted by molar-refractivity contribution is 5.97. The molecule has 11 nitrogen and oxygen atoms in total. The highest BCUT2D eigenvalue weighted by Gasteiger charge is 2.27. The van der Waals surface area contributed by atoms with E-state index in [1.807, 2.05) is 37.3 Å². The van der Waals surface area contributed by atoms with Crippen LogP contribution in [0, 0.1) is 5.82 Å². The fourth-order valence-corrected chi connectivity index (χ4v) is 3.86. The molecule has 0 aliphatic carbocycles. The lowest BCUT2D eigenvalue weighted by atomic mass is 10.1. The number of methoxy groups -OCH3 is 2. The maximum absolute atomic E-state index is 14.6. The molecule has 12 heteroatoms. The molecule has 0 spiro atoms. The van der Waals surface area contributed by atoms with Gasteiger partial charge in [-0.2, -0.15) is 4.68 Å². The van der Waals surface area contributed by atoms with Crippen molar-refractivity contribution >= 4 is 17.7 Å². The maximum Gasteiger partial charge on any atom is 0.377 e. The normalized spacial score (nSPS) is 10.7. The van der Waals surface area contributed by atoms with Gasteiger partial charge in [0.05, 0.1) is 25.5 Å². The number of hydrogen-bond donors (Lipinski definition) is 0. The third kappa shape index (κ3) is 5.64. The second-order valence-corrected chi connectivity index (χ2v) is 8.26. The average Bonchev–Trinajstić information content (AvgIpc) is 3.34. The van der Waals surface area contributed by atoms with E-state index in [0.717, 1.165) is 11.6 Å². The predicted octanol–water partition coefficient (Wildman–Crippen LogP) is 3.83. The van der Waals surface area contributed by atoms with Crippen molar-refractivity contribution in [2.75, 3.05) is 25.7 Å². The SMILES string of the molecule is CCCN(C(=O)n1nnn(-c2c(F)cccc2OC)c1=O)c1cc(C(=O)OCc2ccccc2)ccc1OC. The Morgan fingerprint density at radius 1 is 0.949 bits per heavy atom. The van der Waals surface area contributed by atoms with Crippen LogP contribution in [0.4, 0.5) is 14.9 Å². The summed E-state index contributed by atoms with van der Waals surface area (Å²) in [5.41, 5.74) is -0.101. The zero-order valence-corrected chi connectivity index (χ0v) is 21.5. The first-order valence-electron chi connectivity index (χ1n) is 12.0. The number of rotatable bonds is 9. The third-order valence-electron chi connectivity index (χ3n) is 5.74. The Morgan fingerprint density at radius 3 is 2.38 bits per heavy atom. The summed E-state index contributed by atoms with van der Waals surface area (Å²) in [4.78, 5) is 40.8. The van der Waals surface area contributed by atoms with Crippen LogP contribution in [0.25, 0.3) is 5.69 Å². The monoisotopic (exact) mass is 535 g/mol. The van der Waals surface area contributed by atoms with Gasteiger partial charge in [-0.15, -0.1) is 4.68 Å². The molecule has 0 atom stereocenters. The van der Waals surface area contributed by atoms with E-state index >= 15 is 0 Å². The molecule has 1 amide bonds. The van der Waals surface area contributed by atoms with E-state index in [1.165, 1.54) is 49.5 Å². The lowest BCUT2D eigenvalue weighted by Gasteiger charge is -2.23. The number of halogens is 1. The second kappa shape index (κ2) is 12.0. The molecule has 0 fully saturated rings. The van der Waals surface area contributed by atoms with Gasteiger partial charge in [0.2, 0.25) is 0 Å². The van der Waals surface area contributed by atoms with Crippen molar-refractivity contribution in [1.82, 2.24) is 19.8 Å². The number of aromatic nitrogens is 4. The van der Waals surface area contributed by atoms with Gasteiger partial charge in [-0.1, -0.05) is 43.3 Å². The number of nitrogens with zero attached hydrogens (tertiary/aromatic N) is 5. The summed E-state index contributed by atoms with van der Waals surface area (Å²) >= 11 is 0. The lowest BCUT2D eigenvalue weighted by Crippen LogP contribution is -2.42. The van der Waals surface area contributed by atoms with E-state index in [-0.39, 0.29) is 41.6 Å². The molecule has 0 bridgehead atoms. The molecule has 0 aliphatic heterocycles. The van der Waals surface area contributed by atoms with Crippen molar-refractivity contribution < 1.29 is 28.2 Å². The second-order valence-electron chi connectivity index (χ2n) is 8.26. The first-order valence-corrected chi connectivity index (χ1v) is 12.0. The van der Waals surface area contributed by atoms with Gasteiger partial charge in [0, 0.05) is 6.54 Å². The quantitative estimate of drug-likeness (QED) is 0.235. The van der Waals surface area contributed by atoms with Crippen LogP contribution in [0.1, 0.15) is 29.3 Å². The minimum atomic E-state index is -1.01. The minimum absolute atomic E-state index is 0.0328. The van der Waals surface area contributed by atoms with Crippen LogP contribution in [-0.4, -0.2) is 52.6 Å². The number of esters is 1. The summed E-state index contributed by atoms with van der Waals surface area (Å²) in [7, 11) is 2.72. The molecule has 0 unspecified atom stereocenters. The van der Waals surface area contributed by atoms with Crippen LogP contribution in [0.3, 0.4) is 0 Å². The standard InChI is InChI=1S/C27H26FN5O6/c1-4-15-31(26(35)33-27(36)32(29-30-33)24-20(28)11-8-12-23(24)38-3)21-16-19(13-14-22(21)37-2)25(34)39-17-18-9-6-5-7-10-18/h5-14,16H,4,15,17H2,1-3H3. The topological polar surface area (TPSA) is 118 Å². The van der Waals surface area contributed by atoms with Crippen LogP contribution in [-0.2, 0) is 11.3 Å². The van der Waals surface area contributed by atoms with Crippen molar-refractivity contribution in [2.24, 2.45) is 0 Å². The molecule has 4 rings (SSSR count). The van der Waals surface area contributed by atoms with E-state index in [2.05, 4.69) is 10.4 Å². The molecule has 0 radical (unpaired) electrons. The van der Waals surface area contributed by atoms with Gasteiger partial charge in [0.25, 0.3) is 0 Å². The summed E-state index contributed by atoms with van der Waals surface area (Å²) < 4.78 is 31.7. The molecule has 3 aromatic carbocycles. The summed E-state index contributed by atoms with van der Waals surface area (Å²) in [6, 6.07) is 16.8. The highest BCUT2D eigenvalue weighted by Crippen LogP contribution is 2.31. The Labute approximate surface area is 222 Å². The first kappa shape index (κ1) is 27.0. The number of benzene rings is 3. The molecular formula is C27H26FN5O6. The number of ether oxygens (including phenoxy) is 3. The van der Waals surface area contributed by atoms with Crippen molar-refractivity contribution in [3.05, 3.63) is 94.2 Å². The Balaban J connectivity index is 1.68. The predicted molar refractivity (Wildman–Crippen MR) is 139 cm³/mol. The van der Waals surface area contributed by atoms with Crippen LogP contribution in [0.5, 0.6) is 11.5 Å². The van der Waals surface area contributed by atoms with Gasteiger partial charge >= 0.3 is 17.7 Å². The fourth-order valence-electron chi connectivity index (χ4n) is 3.86. The Morgan fingerprint density at radius 2 is 1.69 bits per heavy atom. The molecule has 0 saturated heterocycles. The van der Waals surface area contributed by atoms with E-state index in [0.29, 0.717) is 15.8 Å². The van der Waals surface area contributed by atoms with Gasteiger partial charge in [-0.05, 0) is 52.7 Å². The van der Waals surface area contributed by atoms with Crippen LogP contribution < -0.4 is 20.1 Å². The van der Waals surface area contributed by atoms with Gasteiger partial charge in [0.15, 0.2) is 5.82 Å². The fraction of sp³-hybridized carbons (Fsp3) is 0.222. The molecule has 0 aliphatic rings. The van der Waals surface area contributed by atoms with Crippen LogP contribution >= 0.6 is 0 Å². The van der Waals surface area contributed by atoms with Crippen LogP contribution in [0.2, 0.25) is 0 Å². The summed E-state index contributed by atoms with van der Waals surface area (Å²) in [5.74, 6) is -1.09. The first-order chi connectivity index (χ1) is 18.9. The number of carbonyl (C=O) groups excluding carboxylic acids is 2. The summed E-state index contributed by atoms with van der Waals surface area (Å²) in [6.45, 7) is 2.03. The van der Waals surface area contributed by atoms with Crippen molar-refractivity contribution in [3.8, 4) is 17.2 Å². The largest absolute Gasteiger partial charge is 0.495 e. The number of amides is 1. The smallest absolute Gasteiger partial charge is 0.377 e. The number of anilines is 1. The van der Waals surface area contributed by atoms with Crippen molar-refractivity contribution in [3.63, 3.8) is 0 Å². The molecule has 39 heavy (non-hydrogen) atoms. The van der Waals surface area contributed by atoms with E-state index in [1.54, 1.807) is 0 Å². The van der Waals surface area contributed by atoms with Gasteiger partial charge in [0.1, 0.15) is 23.8 Å². The molecule has 0 saturated carbocycles. The number of para-hydroxylation sites is 1. The average molecular weight is 536 g/mol. The minimum Gasteiger partial charge on any atom is -0.495 e. The Bertz CT molecular complexity index is 1540. The molecular weight excluding hydrogens is 509 g/mol. The number of hydrogen-bond acceptors (Lipinski definition) is 8. The maximum atomic E-state index is 14.6. The molecule has 4 aromatic rings. The number of tetrazole rings is 1. The third-order valence-corrected chi connectivity index (χ3v) is 5.74. The molecule has 202 valence electrons. The molecule has 1 heterocycles. The van der Waals surface area contributed by atoms with E-state index in [9.17, 15) is 18.8 Å². The molecule has 0 N–H and O–H groups in total. The zero-order chi connectivity index (χ0) is 27.9. The summed E-state index contributed by atoms with van der Waals surface area (Å²) in [5, 5.41) is 7.38. The summed E-state index contributed by atoms with van der Waals surface area (Å²) in [6.07, 6.45) is 0.488. The van der Waals surface area contributed by atoms with E-state index in [4.69, 9.17) is 14.2 Å². The van der Waals surface area contributed by atoms with Crippen molar-refractivity contribution in [1.29, 1.82) is 0 Å². The van der Waals surface area contributed by atoms with E-state index < -0.39 is 23.5 Å². The Hall–Kier alpha value is -5.00. The van der Waals surface area contributed by atoms with Crippen LogP contribution in [0.15, 0.2) is 71.5 Å². The van der Waals surface area contributed by atoms with Crippen molar-refractivity contribution in [2.45, 2.75) is 20.0 Å². The Kier molecular flexibility index (Phi) is 8.34. The molecule has 1 aromatic heterocycles. The van der Waals surface area contributed by atoms with Gasteiger partial charge in [-0.25, -0.2) is 18.8 Å². The zero-order valence-electron chi connectivity index (χ0n) is 21.5. The van der Waals surface area contributed by atoms with Gasteiger partial charge in [-0.3, -0.25) is 4.90 Å². The lowest BCUT2D eigenvalue weighted by molar-refractivity contribution is 0.0472.